The van der Waals surface area contributed by atoms with Crippen LogP contribution in [-0.2, 0) is 6.42 Å². The summed E-state index contributed by atoms with van der Waals surface area (Å²) in [4.78, 5) is 4.55. The number of nitrogens with one attached hydrogen (secondary N) is 1. The Labute approximate surface area is 129 Å². The normalized spacial score (nSPS) is 20.5. The number of halogens is 1. The fraction of sp³-hybridized carbons (Fsp3) is 0.467. The standard InChI is InChI=1S/C15H17N3O2.ClH/c1-2-7-16-12(3-1)15-17-14(18-20-15)11-4-5-13-10(9-11)6-8-19-13;/h4-5,9,12,16H,1-3,6-8H2;1H. The summed E-state index contributed by atoms with van der Waals surface area (Å²) in [6, 6.07) is 6.30. The number of ether oxygens (including phenoxy) is 1. The van der Waals surface area contributed by atoms with E-state index in [2.05, 4.69) is 21.5 Å². The molecule has 2 aliphatic heterocycles. The van der Waals surface area contributed by atoms with Gasteiger partial charge in [0.05, 0.1) is 12.6 Å². The smallest absolute Gasteiger partial charge is 0.244 e. The van der Waals surface area contributed by atoms with Crippen molar-refractivity contribution in [2.24, 2.45) is 0 Å². The molecular formula is C15H18ClN3O2. The molecule has 1 aromatic heterocycles. The second kappa shape index (κ2) is 6.03. The number of fused-ring (bicyclic) bond motifs is 1. The summed E-state index contributed by atoms with van der Waals surface area (Å²) in [6.07, 6.45) is 4.46. The van der Waals surface area contributed by atoms with Gasteiger partial charge in [-0.3, -0.25) is 0 Å². The SMILES string of the molecule is Cl.c1cc2c(cc1-c1noc(C3CCCCN3)n1)CCO2. The average molecular weight is 308 g/mol. The molecule has 1 N–H and O–H groups in total. The maximum atomic E-state index is 5.52. The van der Waals surface area contributed by atoms with E-state index in [1.54, 1.807) is 0 Å². The summed E-state index contributed by atoms with van der Waals surface area (Å²) in [5, 5.41) is 7.55. The van der Waals surface area contributed by atoms with Crippen LogP contribution < -0.4 is 10.1 Å². The van der Waals surface area contributed by atoms with Gasteiger partial charge >= 0.3 is 0 Å². The molecule has 4 rings (SSSR count). The summed E-state index contributed by atoms with van der Waals surface area (Å²) in [5.41, 5.74) is 2.23. The predicted molar refractivity (Wildman–Crippen MR) is 80.8 cm³/mol. The Balaban J connectivity index is 0.00000132. The Hall–Kier alpha value is -1.59. The molecule has 0 radical (unpaired) electrons. The van der Waals surface area contributed by atoms with Crippen LogP contribution >= 0.6 is 12.4 Å². The lowest BCUT2D eigenvalue weighted by Gasteiger charge is -2.19. The van der Waals surface area contributed by atoms with Gasteiger partial charge in [0.25, 0.3) is 0 Å². The van der Waals surface area contributed by atoms with Crippen molar-refractivity contribution in [3.63, 3.8) is 0 Å². The highest BCUT2D eigenvalue weighted by molar-refractivity contribution is 5.85. The second-order valence-corrected chi connectivity index (χ2v) is 5.38. The lowest BCUT2D eigenvalue weighted by molar-refractivity contribution is 0.297. The van der Waals surface area contributed by atoms with Crippen LogP contribution in [0.4, 0.5) is 0 Å². The zero-order chi connectivity index (χ0) is 13.4. The van der Waals surface area contributed by atoms with E-state index < -0.39 is 0 Å². The Bertz CT molecular complexity index is 623. The summed E-state index contributed by atoms with van der Waals surface area (Å²) in [6.45, 7) is 1.79. The van der Waals surface area contributed by atoms with Gasteiger partial charge in [-0.25, -0.2) is 0 Å². The van der Waals surface area contributed by atoms with Gasteiger partial charge in [-0.05, 0) is 43.1 Å². The molecule has 1 aromatic carbocycles. The molecule has 2 aliphatic rings. The predicted octanol–water partition coefficient (Wildman–Crippen LogP) is 2.91. The van der Waals surface area contributed by atoms with Crippen molar-refractivity contribution < 1.29 is 9.26 Å². The first kappa shape index (κ1) is 14.4. The van der Waals surface area contributed by atoms with Gasteiger partial charge in [0.15, 0.2) is 0 Å². The minimum absolute atomic E-state index is 0. The molecule has 0 spiro atoms. The molecule has 6 heteroatoms. The monoisotopic (exact) mass is 307 g/mol. The number of hydrogen-bond acceptors (Lipinski definition) is 5. The summed E-state index contributed by atoms with van der Waals surface area (Å²) in [5.74, 6) is 2.35. The highest BCUT2D eigenvalue weighted by Gasteiger charge is 2.22. The zero-order valence-corrected chi connectivity index (χ0v) is 12.5. The number of nitrogens with zero attached hydrogens (tertiary/aromatic N) is 2. The van der Waals surface area contributed by atoms with Crippen molar-refractivity contribution in [2.45, 2.75) is 31.7 Å². The van der Waals surface area contributed by atoms with Crippen molar-refractivity contribution in [3.8, 4) is 17.1 Å². The summed E-state index contributed by atoms with van der Waals surface area (Å²) in [7, 11) is 0. The highest BCUT2D eigenvalue weighted by Crippen LogP contribution is 2.30. The van der Waals surface area contributed by atoms with Crippen LogP contribution in [-0.4, -0.2) is 23.3 Å². The van der Waals surface area contributed by atoms with Crippen LogP contribution in [0.5, 0.6) is 5.75 Å². The summed E-state index contributed by atoms with van der Waals surface area (Å²) >= 11 is 0. The number of rotatable bonds is 2. The van der Waals surface area contributed by atoms with E-state index in [0.717, 1.165) is 37.3 Å². The maximum absolute atomic E-state index is 5.52. The van der Waals surface area contributed by atoms with Gasteiger partial charge in [0.2, 0.25) is 11.7 Å². The van der Waals surface area contributed by atoms with Crippen LogP contribution in [0.3, 0.4) is 0 Å². The first-order chi connectivity index (χ1) is 9.90. The third kappa shape index (κ3) is 2.76. The van der Waals surface area contributed by atoms with E-state index in [9.17, 15) is 0 Å². The van der Waals surface area contributed by atoms with Crippen molar-refractivity contribution in [1.82, 2.24) is 15.5 Å². The summed E-state index contributed by atoms with van der Waals surface area (Å²) < 4.78 is 10.9. The number of hydrogen-bond donors (Lipinski definition) is 1. The van der Waals surface area contributed by atoms with E-state index in [1.807, 2.05) is 12.1 Å². The van der Waals surface area contributed by atoms with Crippen LogP contribution in [0.25, 0.3) is 11.4 Å². The van der Waals surface area contributed by atoms with Crippen LogP contribution in [0.1, 0.15) is 36.8 Å². The average Bonchev–Trinajstić information content (AvgIpc) is 3.16. The van der Waals surface area contributed by atoms with Gasteiger partial charge in [0.1, 0.15) is 5.75 Å². The van der Waals surface area contributed by atoms with Crippen LogP contribution in [0, 0.1) is 0 Å². The molecule has 21 heavy (non-hydrogen) atoms. The molecule has 0 bridgehead atoms. The Morgan fingerprint density at radius 1 is 1.24 bits per heavy atom. The Morgan fingerprint density at radius 3 is 3.05 bits per heavy atom. The number of piperidine rings is 1. The molecule has 1 saturated heterocycles. The molecular weight excluding hydrogens is 290 g/mol. The topological polar surface area (TPSA) is 60.2 Å². The molecule has 0 aliphatic carbocycles. The molecule has 5 nitrogen and oxygen atoms in total. The van der Waals surface area contributed by atoms with Gasteiger partial charge in [-0.2, -0.15) is 4.98 Å². The highest BCUT2D eigenvalue weighted by atomic mass is 35.5. The first-order valence-corrected chi connectivity index (χ1v) is 7.23. The van der Waals surface area contributed by atoms with Gasteiger partial charge in [-0.1, -0.05) is 11.6 Å². The third-order valence-corrected chi connectivity index (χ3v) is 4.00. The van der Waals surface area contributed by atoms with Crippen LogP contribution in [0.2, 0.25) is 0 Å². The van der Waals surface area contributed by atoms with Crippen molar-refractivity contribution in [3.05, 3.63) is 29.7 Å². The molecule has 1 fully saturated rings. The number of benzene rings is 1. The fourth-order valence-corrected chi connectivity index (χ4v) is 2.88. The van der Waals surface area contributed by atoms with E-state index in [4.69, 9.17) is 9.26 Å². The third-order valence-electron chi connectivity index (χ3n) is 4.00. The quantitative estimate of drug-likeness (QED) is 0.924. The van der Waals surface area contributed by atoms with E-state index in [1.165, 1.54) is 18.4 Å². The fourth-order valence-electron chi connectivity index (χ4n) is 2.88. The molecule has 0 amide bonds. The molecule has 0 saturated carbocycles. The van der Waals surface area contributed by atoms with E-state index in [0.29, 0.717) is 11.7 Å². The lowest BCUT2D eigenvalue weighted by atomic mass is 10.1. The van der Waals surface area contributed by atoms with Gasteiger partial charge in [0, 0.05) is 12.0 Å². The minimum atomic E-state index is 0. The molecule has 3 heterocycles. The van der Waals surface area contributed by atoms with E-state index >= 15 is 0 Å². The van der Waals surface area contributed by atoms with Gasteiger partial charge < -0.3 is 14.6 Å². The molecule has 1 unspecified atom stereocenters. The number of aromatic nitrogens is 2. The minimum Gasteiger partial charge on any atom is -0.493 e. The Morgan fingerprint density at radius 2 is 2.19 bits per heavy atom. The molecule has 1 atom stereocenters. The van der Waals surface area contributed by atoms with Crippen LogP contribution in [0.15, 0.2) is 22.7 Å². The Kier molecular flexibility index (Phi) is 4.12. The first-order valence-electron chi connectivity index (χ1n) is 7.23. The lowest BCUT2D eigenvalue weighted by Crippen LogP contribution is -2.26. The van der Waals surface area contributed by atoms with Crippen molar-refractivity contribution >= 4 is 12.4 Å². The molecule has 112 valence electrons. The van der Waals surface area contributed by atoms with Gasteiger partial charge in [-0.15, -0.1) is 12.4 Å². The molecule has 2 aromatic rings. The van der Waals surface area contributed by atoms with E-state index in [-0.39, 0.29) is 18.4 Å². The second-order valence-electron chi connectivity index (χ2n) is 5.38. The maximum Gasteiger partial charge on any atom is 0.244 e. The van der Waals surface area contributed by atoms with Crippen molar-refractivity contribution in [1.29, 1.82) is 0 Å². The zero-order valence-electron chi connectivity index (χ0n) is 11.7. The van der Waals surface area contributed by atoms with Crippen molar-refractivity contribution in [2.75, 3.05) is 13.2 Å². The largest absolute Gasteiger partial charge is 0.493 e.